The third kappa shape index (κ3) is 3.47. The van der Waals surface area contributed by atoms with E-state index in [1.807, 2.05) is 19.1 Å². The van der Waals surface area contributed by atoms with Crippen molar-refractivity contribution in [2.24, 2.45) is 0 Å². The molecule has 0 aliphatic rings. The molecule has 1 heterocycles. The molecular formula is C19H16IrN-. The molecule has 1 nitrogen and oxygen atoms in total. The van der Waals surface area contributed by atoms with Crippen LogP contribution in [0.15, 0.2) is 60.7 Å². The van der Waals surface area contributed by atoms with Crippen LogP contribution in [0.3, 0.4) is 0 Å². The molecule has 0 unspecified atom stereocenters. The Morgan fingerprint density at radius 2 is 1.62 bits per heavy atom. The van der Waals surface area contributed by atoms with Crippen LogP contribution in [0.5, 0.6) is 0 Å². The Bertz CT molecular complexity index is 736. The molecule has 0 saturated heterocycles. The van der Waals surface area contributed by atoms with Crippen LogP contribution in [0.1, 0.15) is 11.3 Å². The third-order valence-electron chi connectivity index (χ3n) is 3.53. The summed E-state index contributed by atoms with van der Waals surface area (Å²) in [5, 5.41) is 0. The molecule has 0 bridgehead atoms. The summed E-state index contributed by atoms with van der Waals surface area (Å²) in [6.07, 6.45) is 0. The summed E-state index contributed by atoms with van der Waals surface area (Å²) in [5.74, 6) is 0. The first-order valence-corrected chi connectivity index (χ1v) is 6.76. The average molecular weight is 451 g/mol. The SMILES string of the molecule is Cc1ccc(-c2[c-]ccc(-c3ccccc3)c2)nc1C.[Ir]. The van der Waals surface area contributed by atoms with Gasteiger partial charge in [-0.3, -0.25) is 0 Å². The van der Waals surface area contributed by atoms with Gasteiger partial charge >= 0.3 is 0 Å². The maximum Gasteiger partial charge on any atom is 0.0295 e. The number of nitrogens with zero attached hydrogens (tertiary/aromatic N) is 1. The third-order valence-corrected chi connectivity index (χ3v) is 3.53. The van der Waals surface area contributed by atoms with E-state index < -0.39 is 0 Å². The molecule has 0 saturated carbocycles. The second kappa shape index (κ2) is 6.80. The Balaban J connectivity index is 0.00000161. The van der Waals surface area contributed by atoms with Crippen LogP contribution in [0.25, 0.3) is 22.4 Å². The van der Waals surface area contributed by atoms with Crippen LogP contribution >= 0.6 is 0 Å². The zero-order chi connectivity index (χ0) is 13.9. The minimum absolute atomic E-state index is 0. The van der Waals surface area contributed by atoms with Crippen LogP contribution in [0, 0.1) is 19.9 Å². The minimum atomic E-state index is 0. The molecule has 0 aliphatic heterocycles. The minimum Gasteiger partial charge on any atom is -0.301 e. The number of aromatic nitrogens is 1. The van der Waals surface area contributed by atoms with Crippen LogP contribution < -0.4 is 0 Å². The molecule has 1 radical (unpaired) electrons. The smallest absolute Gasteiger partial charge is 0.0295 e. The van der Waals surface area contributed by atoms with Gasteiger partial charge in [-0.1, -0.05) is 42.5 Å². The second-order valence-electron chi connectivity index (χ2n) is 4.96. The summed E-state index contributed by atoms with van der Waals surface area (Å²) >= 11 is 0. The average Bonchev–Trinajstić information content (AvgIpc) is 2.51. The van der Waals surface area contributed by atoms with E-state index in [4.69, 9.17) is 0 Å². The van der Waals surface area contributed by atoms with Gasteiger partial charge in [-0.25, -0.2) is 0 Å². The molecule has 0 N–H and O–H groups in total. The molecule has 107 valence electrons. The molecule has 3 aromatic rings. The number of aryl methyl sites for hydroxylation is 2. The van der Waals surface area contributed by atoms with Gasteiger partial charge < -0.3 is 4.98 Å². The van der Waals surface area contributed by atoms with Crippen LogP contribution in [0.2, 0.25) is 0 Å². The van der Waals surface area contributed by atoms with Crippen molar-refractivity contribution in [2.45, 2.75) is 13.8 Å². The topological polar surface area (TPSA) is 12.9 Å². The van der Waals surface area contributed by atoms with E-state index in [0.717, 1.165) is 17.0 Å². The zero-order valence-corrected chi connectivity index (χ0v) is 14.4. The normalized spacial score (nSPS) is 10.0. The maximum absolute atomic E-state index is 4.65. The monoisotopic (exact) mass is 451 g/mol. The molecule has 0 atom stereocenters. The molecule has 1 aromatic heterocycles. The largest absolute Gasteiger partial charge is 0.301 e. The van der Waals surface area contributed by atoms with E-state index in [-0.39, 0.29) is 20.1 Å². The van der Waals surface area contributed by atoms with Crippen molar-refractivity contribution in [2.75, 3.05) is 0 Å². The van der Waals surface area contributed by atoms with Crippen molar-refractivity contribution >= 4 is 0 Å². The standard InChI is InChI=1S/C19H16N.Ir/c1-14-11-12-19(20-15(14)2)18-10-6-9-17(13-18)16-7-4-3-5-8-16;/h3-9,11-13H,1-2H3;/q-1;. The van der Waals surface area contributed by atoms with Crippen molar-refractivity contribution < 1.29 is 20.1 Å². The molecule has 2 heteroatoms. The first-order chi connectivity index (χ1) is 9.74. The second-order valence-corrected chi connectivity index (χ2v) is 4.96. The summed E-state index contributed by atoms with van der Waals surface area (Å²) in [5.41, 5.74) is 6.71. The van der Waals surface area contributed by atoms with Crippen LogP contribution in [0.4, 0.5) is 0 Å². The van der Waals surface area contributed by atoms with Crippen molar-refractivity contribution in [3.63, 3.8) is 0 Å². The molecule has 2 aromatic carbocycles. The van der Waals surface area contributed by atoms with Crippen LogP contribution in [-0.4, -0.2) is 4.98 Å². The Kier molecular flexibility index (Phi) is 5.06. The first kappa shape index (κ1) is 15.6. The number of pyridine rings is 1. The molecule has 21 heavy (non-hydrogen) atoms. The van der Waals surface area contributed by atoms with Crippen molar-refractivity contribution in [1.82, 2.24) is 4.98 Å². The number of benzene rings is 2. The van der Waals surface area contributed by atoms with Gasteiger partial charge in [-0.05, 0) is 30.7 Å². The van der Waals surface area contributed by atoms with Crippen molar-refractivity contribution in [1.29, 1.82) is 0 Å². The van der Waals surface area contributed by atoms with Gasteiger partial charge in [0, 0.05) is 25.8 Å². The maximum atomic E-state index is 4.65. The van der Waals surface area contributed by atoms with Gasteiger partial charge in [0.2, 0.25) is 0 Å². The Labute approximate surface area is 139 Å². The summed E-state index contributed by atoms with van der Waals surface area (Å²) in [6, 6.07) is 24.0. The Morgan fingerprint density at radius 3 is 2.33 bits per heavy atom. The van der Waals surface area contributed by atoms with Crippen molar-refractivity contribution in [3.8, 4) is 22.4 Å². The van der Waals surface area contributed by atoms with Gasteiger partial charge in [-0.15, -0.1) is 35.4 Å². The zero-order valence-electron chi connectivity index (χ0n) is 12.1. The molecular weight excluding hydrogens is 434 g/mol. The van der Waals surface area contributed by atoms with Gasteiger partial charge in [-0.2, -0.15) is 0 Å². The summed E-state index contributed by atoms with van der Waals surface area (Å²) in [4.78, 5) is 4.65. The predicted octanol–water partition coefficient (Wildman–Crippen LogP) is 4.83. The number of hydrogen-bond donors (Lipinski definition) is 0. The number of rotatable bonds is 2. The van der Waals surface area contributed by atoms with Gasteiger partial charge in [0.05, 0.1) is 0 Å². The summed E-state index contributed by atoms with van der Waals surface area (Å²) < 4.78 is 0. The molecule has 3 rings (SSSR count). The Morgan fingerprint density at radius 1 is 0.857 bits per heavy atom. The first-order valence-electron chi connectivity index (χ1n) is 6.76. The fraction of sp³-hybridized carbons (Fsp3) is 0.105. The quantitative estimate of drug-likeness (QED) is 0.510. The Hall–Kier alpha value is -1.76. The van der Waals surface area contributed by atoms with Gasteiger partial charge in [0.15, 0.2) is 0 Å². The molecule has 0 spiro atoms. The van der Waals surface area contributed by atoms with E-state index in [1.54, 1.807) is 0 Å². The predicted molar refractivity (Wildman–Crippen MR) is 83.4 cm³/mol. The fourth-order valence-corrected chi connectivity index (χ4v) is 2.21. The van der Waals surface area contributed by atoms with E-state index >= 15 is 0 Å². The van der Waals surface area contributed by atoms with Crippen molar-refractivity contribution in [3.05, 3.63) is 78.0 Å². The molecule has 0 aliphatic carbocycles. The van der Waals surface area contributed by atoms with Gasteiger partial charge in [0.25, 0.3) is 0 Å². The van der Waals surface area contributed by atoms with E-state index in [0.29, 0.717) is 0 Å². The molecule has 0 fully saturated rings. The van der Waals surface area contributed by atoms with Gasteiger partial charge in [0.1, 0.15) is 0 Å². The fourth-order valence-electron chi connectivity index (χ4n) is 2.21. The summed E-state index contributed by atoms with van der Waals surface area (Å²) in [6.45, 7) is 4.12. The molecule has 0 amide bonds. The van der Waals surface area contributed by atoms with E-state index in [1.165, 1.54) is 16.7 Å². The van der Waals surface area contributed by atoms with E-state index in [9.17, 15) is 0 Å². The van der Waals surface area contributed by atoms with Crippen LogP contribution in [-0.2, 0) is 20.1 Å². The van der Waals surface area contributed by atoms with E-state index in [2.05, 4.69) is 66.5 Å². The summed E-state index contributed by atoms with van der Waals surface area (Å²) in [7, 11) is 0. The number of hydrogen-bond acceptors (Lipinski definition) is 1.